The van der Waals surface area contributed by atoms with Crippen molar-refractivity contribution in [3.63, 3.8) is 0 Å². The van der Waals surface area contributed by atoms with Crippen molar-refractivity contribution in [2.75, 3.05) is 19.6 Å². The summed E-state index contributed by atoms with van der Waals surface area (Å²) in [6, 6.07) is 10.3. The number of halogens is 2. The smallest absolute Gasteiger partial charge is 0.223 e. The maximum atomic E-state index is 12.9. The molecule has 0 aliphatic carbocycles. The minimum absolute atomic E-state index is 0. The number of hydrogen-bond acceptors (Lipinski definition) is 3. The van der Waals surface area contributed by atoms with E-state index in [9.17, 15) is 9.18 Å². The van der Waals surface area contributed by atoms with Crippen LogP contribution >= 0.6 is 12.4 Å². The Morgan fingerprint density at radius 3 is 2.79 bits per heavy atom. The highest BCUT2D eigenvalue weighted by Gasteiger charge is 2.27. The molecular weight excluding hydrogens is 329 g/mol. The molecule has 0 spiro atoms. The quantitative estimate of drug-likeness (QED) is 0.923. The molecule has 2 aromatic rings. The van der Waals surface area contributed by atoms with Crippen molar-refractivity contribution in [1.29, 1.82) is 0 Å². The molecule has 0 saturated carbocycles. The minimum Gasteiger partial charge on any atom is -0.333 e. The van der Waals surface area contributed by atoms with E-state index in [-0.39, 0.29) is 30.2 Å². The lowest BCUT2D eigenvalue weighted by atomic mass is 10.0. The van der Waals surface area contributed by atoms with E-state index in [4.69, 9.17) is 0 Å². The van der Waals surface area contributed by atoms with Crippen LogP contribution in [0.2, 0.25) is 0 Å². The predicted octanol–water partition coefficient (Wildman–Crippen LogP) is 2.75. The number of nitrogens with zero attached hydrogens (tertiary/aromatic N) is 2. The molecule has 0 bridgehead atoms. The third-order valence-corrected chi connectivity index (χ3v) is 4.17. The zero-order valence-corrected chi connectivity index (χ0v) is 14.1. The highest BCUT2D eigenvalue weighted by atomic mass is 35.5. The Morgan fingerprint density at radius 1 is 1.29 bits per heavy atom. The second-order valence-corrected chi connectivity index (χ2v) is 5.72. The van der Waals surface area contributed by atoms with E-state index in [0.29, 0.717) is 19.4 Å². The Balaban J connectivity index is 0.00000208. The molecule has 1 aromatic heterocycles. The maximum absolute atomic E-state index is 12.9. The molecule has 6 heteroatoms. The van der Waals surface area contributed by atoms with Gasteiger partial charge >= 0.3 is 0 Å². The van der Waals surface area contributed by atoms with Crippen LogP contribution in [0.15, 0.2) is 48.8 Å². The van der Waals surface area contributed by atoms with Crippen molar-refractivity contribution in [3.05, 3.63) is 65.7 Å². The number of pyridine rings is 1. The number of rotatable bonds is 4. The highest BCUT2D eigenvalue weighted by Crippen LogP contribution is 2.22. The molecular formula is C18H21ClFN3O. The van der Waals surface area contributed by atoms with Gasteiger partial charge in [0.15, 0.2) is 0 Å². The van der Waals surface area contributed by atoms with Gasteiger partial charge in [0.05, 0.1) is 6.04 Å². The molecule has 24 heavy (non-hydrogen) atoms. The average Bonchev–Trinajstić information content (AvgIpc) is 2.62. The number of aromatic nitrogens is 1. The second kappa shape index (κ2) is 8.76. The van der Waals surface area contributed by atoms with Crippen LogP contribution in [0.25, 0.3) is 0 Å². The summed E-state index contributed by atoms with van der Waals surface area (Å²) >= 11 is 0. The molecule has 1 unspecified atom stereocenters. The fraction of sp³-hybridized carbons (Fsp3) is 0.333. The van der Waals surface area contributed by atoms with Gasteiger partial charge < -0.3 is 10.2 Å². The average molecular weight is 350 g/mol. The van der Waals surface area contributed by atoms with Crippen molar-refractivity contribution in [2.45, 2.75) is 18.9 Å². The zero-order chi connectivity index (χ0) is 16.1. The number of aryl methyl sites for hydroxylation is 1. The van der Waals surface area contributed by atoms with Crippen molar-refractivity contribution in [1.82, 2.24) is 15.2 Å². The summed E-state index contributed by atoms with van der Waals surface area (Å²) in [7, 11) is 0. The van der Waals surface area contributed by atoms with E-state index < -0.39 is 0 Å². The SMILES string of the molecule is Cl.O=C(CCc1ccc(F)cc1)N1CCNCC1c1cccnc1. The molecule has 1 saturated heterocycles. The van der Waals surface area contributed by atoms with Crippen LogP contribution in [-0.4, -0.2) is 35.4 Å². The van der Waals surface area contributed by atoms with E-state index in [1.807, 2.05) is 23.2 Å². The number of carbonyl (C=O) groups excluding carboxylic acids is 1. The summed E-state index contributed by atoms with van der Waals surface area (Å²) in [5, 5.41) is 3.33. The van der Waals surface area contributed by atoms with E-state index >= 15 is 0 Å². The van der Waals surface area contributed by atoms with E-state index in [1.165, 1.54) is 12.1 Å². The standard InChI is InChI=1S/C18H20FN3O.ClH/c19-16-6-3-14(4-7-16)5-8-18(23)22-11-10-21-13-17(22)15-2-1-9-20-12-15;/h1-4,6-7,9,12,17,21H,5,8,10-11,13H2;1H. The van der Waals surface area contributed by atoms with Gasteiger partial charge in [-0.05, 0) is 35.7 Å². The molecule has 1 atom stereocenters. The second-order valence-electron chi connectivity index (χ2n) is 5.72. The number of piperazine rings is 1. The van der Waals surface area contributed by atoms with E-state index in [0.717, 1.165) is 24.2 Å². The molecule has 1 fully saturated rings. The molecule has 4 nitrogen and oxygen atoms in total. The first-order valence-electron chi connectivity index (χ1n) is 7.88. The molecule has 1 aliphatic heterocycles. The van der Waals surface area contributed by atoms with E-state index in [1.54, 1.807) is 18.3 Å². The van der Waals surface area contributed by atoms with E-state index in [2.05, 4.69) is 10.3 Å². The summed E-state index contributed by atoms with van der Waals surface area (Å²) < 4.78 is 12.9. The molecule has 1 amide bonds. The molecule has 1 N–H and O–H groups in total. The van der Waals surface area contributed by atoms with Crippen LogP contribution < -0.4 is 5.32 Å². The van der Waals surface area contributed by atoms with Gasteiger partial charge in [0, 0.05) is 38.4 Å². The number of carbonyl (C=O) groups is 1. The Bertz CT molecular complexity index is 651. The number of hydrogen-bond donors (Lipinski definition) is 1. The monoisotopic (exact) mass is 349 g/mol. The lowest BCUT2D eigenvalue weighted by Gasteiger charge is -2.36. The van der Waals surface area contributed by atoms with Crippen molar-refractivity contribution >= 4 is 18.3 Å². The Kier molecular flexibility index (Phi) is 6.70. The van der Waals surface area contributed by atoms with Gasteiger partial charge in [-0.1, -0.05) is 18.2 Å². The molecule has 128 valence electrons. The Labute approximate surface area is 147 Å². The first kappa shape index (κ1) is 18.4. The lowest BCUT2D eigenvalue weighted by Crippen LogP contribution is -2.48. The van der Waals surface area contributed by atoms with Gasteiger partial charge in [-0.2, -0.15) is 0 Å². The van der Waals surface area contributed by atoms with Gasteiger partial charge in [-0.25, -0.2) is 4.39 Å². The summed E-state index contributed by atoms with van der Waals surface area (Å²) in [4.78, 5) is 18.7. The number of amides is 1. The number of nitrogens with one attached hydrogen (secondary N) is 1. The molecule has 2 heterocycles. The third-order valence-electron chi connectivity index (χ3n) is 4.17. The summed E-state index contributed by atoms with van der Waals surface area (Å²) in [6.07, 6.45) is 4.61. The fourth-order valence-electron chi connectivity index (χ4n) is 2.92. The highest BCUT2D eigenvalue weighted by molar-refractivity contribution is 5.85. The summed E-state index contributed by atoms with van der Waals surface area (Å²) in [6.45, 7) is 2.24. The molecule has 3 rings (SSSR count). The van der Waals surface area contributed by atoms with Crippen LogP contribution in [0.1, 0.15) is 23.6 Å². The van der Waals surface area contributed by atoms with Gasteiger partial charge in [0.1, 0.15) is 5.82 Å². The van der Waals surface area contributed by atoms with Gasteiger partial charge in [0.25, 0.3) is 0 Å². The Hall–Kier alpha value is -1.98. The van der Waals surface area contributed by atoms with Crippen LogP contribution in [-0.2, 0) is 11.2 Å². The fourth-order valence-corrected chi connectivity index (χ4v) is 2.92. The molecule has 1 aliphatic rings. The zero-order valence-electron chi connectivity index (χ0n) is 13.3. The first-order valence-corrected chi connectivity index (χ1v) is 7.88. The topological polar surface area (TPSA) is 45.2 Å². The lowest BCUT2D eigenvalue weighted by molar-refractivity contribution is -0.134. The normalized spacial score (nSPS) is 17.2. The van der Waals surface area contributed by atoms with Crippen LogP contribution in [0.5, 0.6) is 0 Å². The predicted molar refractivity (Wildman–Crippen MR) is 93.5 cm³/mol. The van der Waals surface area contributed by atoms with Crippen LogP contribution in [0.3, 0.4) is 0 Å². The third kappa shape index (κ3) is 4.52. The van der Waals surface area contributed by atoms with Crippen LogP contribution in [0.4, 0.5) is 4.39 Å². The molecule has 0 radical (unpaired) electrons. The van der Waals surface area contributed by atoms with Crippen molar-refractivity contribution in [3.8, 4) is 0 Å². The minimum atomic E-state index is -0.251. The van der Waals surface area contributed by atoms with Crippen molar-refractivity contribution in [2.24, 2.45) is 0 Å². The first-order chi connectivity index (χ1) is 11.2. The molecule has 1 aromatic carbocycles. The van der Waals surface area contributed by atoms with Crippen LogP contribution in [0, 0.1) is 5.82 Å². The number of benzene rings is 1. The largest absolute Gasteiger partial charge is 0.333 e. The maximum Gasteiger partial charge on any atom is 0.223 e. The van der Waals surface area contributed by atoms with Gasteiger partial charge in [-0.3, -0.25) is 9.78 Å². The van der Waals surface area contributed by atoms with Crippen molar-refractivity contribution < 1.29 is 9.18 Å². The van der Waals surface area contributed by atoms with Gasteiger partial charge in [0.2, 0.25) is 5.91 Å². The Morgan fingerprint density at radius 2 is 2.08 bits per heavy atom. The summed E-state index contributed by atoms with van der Waals surface area (Å²) in [5.74, 6) is -0.122. The van der Waals surface area contributed by atoms with Gasteiger partial charge in [-0.15, -0.1) is 12.4 Å². The summed E-state index contributed by atoms with van der Waals surface area (Å²) in [5.41, 5.74) is 2.03.